The molecule has 0 saturated carbocycles. The lowest BCUT2D eigenvalue weighted by atomic mass is 10.2. The Morgan fingerprint density at radius 2 is 2.17 bits per heavy atom. The predicted octanol–water partition coefficient (Wildman–Crippen LogP) is 3.33. The maximum Gasteiger partial charge on any atom is 0.124 e. The van der Waals surface area contributed by atoms with Gasteiger partial charge in [-0.2, -0.15) is 0 Å². The van der Waals surface area contributed by atoms with Crippen molar-refractivity contribution in [3.63, 3.8) is 0 Å². The number of hydrogen-bond donors (Lipinski definition) is 1. The molecule has 1 aromatic heterocycles. The third kappa shape index (κ3) is 3.21. The summed E-state index contributed by atoms with van der Waals surface area (Å²) in [5.41, 5.74) is 8.07. The van der Waals surface area contributed by atoms with Gasteiger partial charge in [0.2, 0.25) is 0 Å². The highest BCUT2D eigenvalue weighted by Gasteiger charge is 2.07. The van der Waals surface area contributed by atoms with E-state index in [1.165, 1.54) is 17.8 Å². The van der Waals surface area contributed by atoms with Crippen LogP contribution in [-0.4, -0.2) is 10.6 Å². The van der Waals surface area contributed by atoms with Gasteiger partial charge in [-0.25, -0.2) is 4.39 Å². The summed E-state index contributed by atoms with van der Waals surface area (Å²) in [7, 11) is 0. The van der Waals surface area contributed by atoms with Crippen LogP contribution in [0.2, 0.25) is 0 Å². The highest BCUT2D eigenvalue weighted by Crippen LogP contribution is 2.20. The van der Waals surface area contributed by atoms with Crippen molar-refractivity contribution in [1.82, 2.24) is 4.57 Å². The van der Waals surface area contributed by atoms with E-state index in [2.05, 4.69) is 26.6 Å². The summed E-state index contributed by atoms with van der Waals surface area (Å²) < 4.78 is 16.0. The Morgan fingerprint density at radius 3 is 2.83 bits per heavy atom. The maximum atomic E-state index is 13.0. The fourth-order valence-electron chi connectivity index (χ4n) is 1.95. The third-order valence-electron chi connectivity index (χ3n) is 2.81. The molecular weight excluding hydrogens is 295 g/mol. The molecule has 18 heavy (non-hydrogen) atoms. The van der Waals surface area contributed by atoms with Gasteiger partial charge < -0.3 is 10.3 Å². The van der Waals surface area contributed by atoms with Crippen LogP contribution in [0.1, 0.15) is 18.2 Å². The topological polar surface area (TPSA) is 30.9 Å². The minimum Gasteiger partial charge on any atom is -0.347 e. The summed E-state index contributed by atoms with van der Waals surface area (Å²) >= 11 is 3.39. The van der Waals surface area contributed by atoms with Crippen molar-refractivity contribution in [3.8, 4) is 0 Å². The van der Waals surface area contributed by atoms with Crippen molar-refractivity contribution in [2.75, 3.05) is 0 Å². The number of benzene rings is 1. The Kier molecular flexibility index (Phi) is 4.19. The van der Waals surface area contributed by atoms with Gasteiger partial charge in [-0.05, 0) is 36.8 Å². The Balaban J connectivity index is 2.21. The fraction of sp³-hybridized carbons (Fsp3) is 0.286. The number of halogens is 2. The molecule has 0 aliphatic heterocycles. The first kappa shape index (κ1) is 13.3. The van der Waals surface area contributed by atoms with Gasteiger partial charge >= 0.3 is 0 Å². The lowest BCUT2D eigenvalue weighted by Gasteiger charge is -2.12. The van der Waals surface area contributed by atoms with Crippen LogP contribution in [0.5, 0.6) is 0 Å². The van der Waals surface area contributed by atoms with Crippen LogP contribution in [0.3, 0.4) is 0 Å². The van der Waals surface area contributed by atoms with E-state index in [1.54, 1.807) is 6.07 Å². The lowest BCUT2D eigenvalue weighted by Crippen LogP contribution is -2.20. The van der Waals surface area contributed by atoms with Crippen LogP contribution in [0.4, 0.5) is 4.39 Å². The van der Waals surface area contributed by atoms with Crippen molar-refractivity contribution >= 4 is 15.9 Å². The molecule has 1 heterocycles. The molecule has 0 amide bonds. The van der Waals surface area contributed by atoms with E-state index in [1.807, 2.05) is 19.2 Å². The molecule has 2 rings (SSSR count). The van der Waals surface area contributed by atoms with Crippen LogP contribution in [0.25, 0.3) is 0 Å². The summed E-state index contributed by atoms with van der Waals surface area (Å²) in [6.07, 6.45) is 2.86. The second-order valence-electron chi connectivity index (χ2n) is 4.54. The van der Waals surface area contributed by atoms with Crippen LogP contribution >= 0.6 is 15.9 Å². The van der Waals surface area contributed by atoms with Crippen LogP contribution < -0.4 is 5.73 Å². The predicted molar refractivity (Wildman–Crippen MR) is 75.0 cm³/mol. The zero-order valence-electron chi connectivity index (χ0n) is 10.2. The smallest absolute Gasteiger partial charge is 0.124 e. The van der Waals surface area contributed by atoms with Crippen LogP contribution in [-0.2, 0) is 13.0 Å². The summed E-state index contributed by atoms with van der Waals surface area (Å²) in [6, 6.07) is 8.99. The van der Waals surface area contributed by atoms with Crippen molar-refractivity contribution in [3.05, 3.63) is 58.1 Å². The number of rotatable bonds is 4. The molecule has 2 aromatic rings. The Labute approximate surface area is 115 Å². The van der Waals surface area contributed by atoms with Crippen molar-refractivity contribution in [1.29, 1.82) is 0 Å². The average molecular weight is 311 g/mol. The van der Waals surface area contributed by atoms with E-state index in [9.17, 15) is 4.39 Å². The van der Waals surface area contributed by atoms with Crippen molar-refractivity contribution in [2.24, 2.45) is 5.73 Å². The van der Waals surface area contributed by atoms with Gasteiger partial charge in [0, 0.05) is 35.4 Å². The molecule has 1 unspecified atom stereocenters. The zero-order valence-corrected chi connectivity index (χ0v) is 11.8. The summed E-state index contributed by atoms with van der Waals surface area (Å²) in [4.78, 5) is 0. The number of aromatic nitrogens is 1. The van der Waals surface area contributed by atoms with E-state index in [0.29, 0.717) is 0 Å². The molecule has 0 aliphatic carbocycles. The highest BCUT2D eigenvalue weighted by atomic mass is 79.9. The first-order valence-corrected chi connectivity index (χ1v) is 6.69. The van der Waals surface area contributed by atoms with E-state index in [-0.39, 0.29) is 11.9 Å². The van der Waals surface area contributed by atoms with Gasteiger partial charge in [0.15, 0.2) is 0 Å². The van der Waals surface area contributed by atoms with Crippen LogP contribution in [0.15, 0.2) is 41.0 Å². The molecule has 2 N–H and O–H groups in total. The average Bonchev–Trinajstić information content (AvgIpc) is 2.69. The molecule has 4 heteroatoms. The van der Waals surface area contributed by atoms with Crippen LogP contribution in [0, 0.1) is 5.82 Å². The van der Waals surface area contributed by atoms with Gasteiger partial charge in [-0.1, -0.05) is 22.0 Å². The summed E-state index contributed by atoms with van der Waals surface area (Å²) in [6.45, 7) is 2.71. The van der Waals surface area contributed by atoms with E-state index in [4.69, 9.17) is 5.73 Å². The molecule has 0 aliphatic rings. The van der Waals surface area contributed by atoms with E-state index >= 15 is 0 Å². The molecule has 0 bridgehead atoms. The highest BCUT2D eigenvalue weighted by molar-refractivity contribution is 9.10. The molecule has 2 nitrogen and oxygen atoms in total. The SMILES string of the molecule is CC(N)Cc1cccn1Cc1ccc(F)cc1Br. The third-order valence-corrected chi connectivity index (χ3v) is 3.55. The number of hydrogen-bond acceptors (Lipinski definition) is 1. The standard InChI is InChI=1S/C14H16BrFN2/c1-10(17)7-13-3-2-6-18(13)9-11-4-5-12(16)8-14(11)15/h2-6,8,10H,7,9,17H2,1H3. The molecule has 1 atom stereocenters. The molecular formula is C14H16BrFN2. The Hall–Kier alpha value is -1.13. The second-order valence-corrected chi connectivity index (χ2v) is 5.40. The molecule has 0 spiro atoms. The van der Waals surface area contributed by atoms with Gasteiger partial charge in [-0.3, -0.25) is 0 Å². The Morgan fingerprint density at radius 1 is 1.39 bits per heavy atom. The minimum absolute atomic E-state index is 0.135. The largest absolute Gasteiger partial charge is 0.347 e. The van der Waals surface area contributed by atoms with Gasteiger partial charge in [0.05, 0.1) is 0 Å². The second kappa shape index (κ2) is 5.67. The monoisotopic (exact) mass is 310 g/mol. The first-order valence-electron chi connectivity index (χ1n) is 5.90. The number of nitrogens with zero attached hydrogens (tertiary/aromatic N) is 1. The normalized spacial score (nSPS) is 12.7. The fourth-order valence-corrected chi connectivity index (χ4v) is 2.43. The Bertz CT molecular complexity index is 534. The summed E-state index contributed by atoms with van der Waals surface area (Å²) in [5.74, 6) is -0.228. The van der Waals surface area contributed by atoms with Crippen molar-refractivity contribution in [2.45, 2.75) is 25.9 Å². The van der Waals surface area contributed by atoms with E-state index in [0.717, 1.165) is 23.0 Å². The zero-order chi connectivity index (χ0) is 13.1. The minimum atomic E-state index is -0.228. The van der Waals surface area contributed by atoms with E-state index < -0.39 is 0 Å². The molecule has 0 radical (unpaired) electrons. The number of nitrogens with two attached hydrogens (primary N) is 1. The molecule has 1 aromatic carbocycles. The first-order chi connectivity index (χ1) is 8.56. The lowest BCUT2D eigenvalue weighted by molar-refractivity contribution is 0.623. The van der Waals surface area contributed by atoms with Gasteiger partial charge in [0.25, 0.3) is 0 Å². The molecule has 96 valence electrons. The maximum absolute atomic E-state index is 13.0. The molecule has 0 saturated heterocycles. The van der Waals surface area contributed by atoms with Gasteiger partial charge in [-0.15, -0.1) is 0 Å². The van der Waals surface area contributed by atoms with Crippen molar-refractivity contribution < 1.29 is 4.39 Å². The van der Waals surface area contributed by atoms with Gasteiger partial charge in [0.1, 0.15) is 5.82 Å². The summed E-state index contributed by atoms with van der Waals surface area (Å²) in [5, 5.41) is 0. The quantitative estimate of drug-likeness (QED) is 0.922. The molecule has 0 fully saturated rings.